The Balaban J connectivity index is 2.77. The number of nitrogens with one attached hydrogen (secondary N) is 1. The summed E-state index contributed by atoms with van der Waals surface area (Å²) in [6, 6.07) is 7.30. The number of nitrogen functional groups attached to an aromatic ring is 1. The molecule has 20 heavy (non-hydrogen) atoms. The lowest BCUT2D eigenvalue weighted by Gasteiger charge is -2.29. The van der Waals surface area contributed by atoms with Crippen LogP contribution < -0.4 is 11.1 Å². The second kappa shape index (κ2) is 6.27. The van der Waals surface area contributed by atoms with E-state index in [2.05, 4.69) is 5.32 Å². The molecule has 0 bridgehead atoms. The number of rotatable bonds is 6. The van der Waals surface area contributed by atoms with Gasteiger partial charge in [-0.25, -0.2) is 0 Å². The molecule has 1 aromatic rings. The van der Waals surface area contributed by atoms with Crippen LogP contribution in [0.2, 0.25) is 0 Å². The molecule has 0 spiro atoms. The quantitative estimate of drug-likeness (QED) is 0.698. The molecule has 0 aliphatic rings. The van der Waals surface area contributed by atoms with E-state index in [4.69, 9.17) is 5.73 Å². The monoisotopic (exact) mass is 278 g/mol. The first-order valence-corrected chi connectivity index (χ1v) is 7.12. The molecule has 0 atom stereocenters. The summed E-state index contributed by atoms with van der Waals surface area (Å²) in [6.45, 7) is 7.84. The predicted octanol–water partition coefficient (Wildman–Crippen LogP) is 2.21. The molecular formula is C16H26N2O2. The van der Waals surface area contributed by atoms with E-state index < -0.39 is 11.0 Å². The van der Waals surface area contributed by atoms with E-state index in [1.165, 1.54) is 0 Å². The number of nitrogens with two attached hydrogens (primary N) is 1. The van der Waals surface area contributed by atoms with Gasteiger partial charge in [-0.3, -0.25) is 4.79 Å². The zero-order valence-electron chi connectivity index (χ0n) is 12.9. The summed E-state index contributed by atoms with van der Waals surface area (Å²) in [4.78, 5) is 12.4. The SMILES string of the molecule is CCC(O)(CC)CNC(=O)C(C)(C)c1ccc(N)cc1. The van der Waals surface area contributed by atoms with Crippen molar-refractivity contribution in [1.29, 1.82) is 0 Å². The molecule has 0 aromatic heterocycles. The number of amides is 1. The summed E-state index contributed by atoms with van der Waals surface area (Å²) in [5.41, 5.74) is 5.76. The Morgan fingerprint density at radius 3 is 2.15 bits per heavy atom. The van der Waals surface area contributed by atoms with Crippen molar-refractivity contribution in [2.45, 2.75) is 51.6 Å². The predicted molar refractivity (Wildman–Crippen MR) is 82.4 cm³/mol. The minimum absolute atomic E-state index is 0.0948. The number of carbonyl (C=O) groups excluding carboxylic acids is 1. The van der Waals surface area contributed by atoms with E-state index >= 15 is 0 Å². The third kappa shape index (κ3) is 3.73. The Morgan fingerprint density at radius 1 is 1.20 bits per heavy atom. The van der Waals surface area contributed by atoms with E-state index in [-0.39, 0.29) is 12.5 Å². The lowest BCUT2D eigenvalue weighted by Crippen LogP contribution is -2.47. The van der Waals surface area contributed by atoms with Crippen LogP contribution in [0.4, 0.5) is 5.69 Å². The summed E-state index contributed by atoms with van der Waals surface area (Å²) in [5, 5.41) is 13.1. The zero-order chi connectivity index (χ0) is 15.4. The average molecular weight is 278 g/mol. The first-order chi connectivity index (χ1) is 9.25. The Kier molecular flexibility index (Phi) is 5.17. The van der Waals surface area contributed by atoms with Crippen LogP contribution in [0.3, 0.4) is 0 Å². The van der Waals surface area contributed by atoms with Gasteiger partial charge >= 0.3 is 0 Å². The van der Waals surface area contributed by atoms with Crippen molar-refractivity contribution < 1.29 is 9.90 Å². The molecule has 0 unspecified atom stereocenters. The van der Waals surface area contributed by atoms with Crippen molar-refractivity contribution in [1.82, 2.24) is 5.32 Å². The minimum Gasteiger partial charge on any atom is -0.399 e. The summed E-state index contributed by atoms with van der Waals surface area (Å²) >= 11 is 0. The average Bonchev–Trinajstić information content (AvgIpc) is 2.44. The molecule has 4 nitrogen and oxygen atoms in total. The van der Waals surface area contributed by atoms with Gasteiger partial charge in [0.2, 0.25) is 5.91 Å². The molecule has 1 amide bonds. The van der Waals surface area contributed by atoms with Gasteiger partial charge in [-0.15, -0.1) is 0 Å². The van der Waals surface area contributed by atoms with Gasteiger partial charge < -0.3 is 16.2 Å². The molecule has 0 radical (unpaired) electrons. The highest BCUT2D eigenvalue weighted by atomic mass is 16.3. The van der Waals surface area contributed by atoms with Gasteiger partial charge in [0.25, 0.3) is 0 Å². The number of aliphatic hydroxyl groups is 1. The topological polar surface area (TPSA) is 75.3 Å². The van der Waals surface area contributed by atoms with E-state index in [9.17, 15) is 9.90 Å². The second-order valence-corrected chi connectivity index (χ2v) is 5.86. The third-order valence-corrected chi connectivity index (χ3v) is 4.09. The normalized spacial score (nSPS) is 12.2. The van der Waals surface area contributed by atoms with E-state index in [1.807, 2.05) is 39.8 Å². The van der Waals surface area contributed by atoms with Crippen molar-refractivity contribution in [3.63, 3.8) is 0 Å². The van der Waals surface area contributed by atoms with Crippen LogP contribution in [-0.2, 0) is 10.2 Å². The molecule has 0 saturated heterocycles. The molecule has 0 heterocycles. The molecule has 0 aliphatic carbocycles. The number of anilines is 1. The highest BCUT2D eigenvalue weighted by molar-refractivity contribution is 5.87. The van der Waals surface area contributed by atoms with Crippen LogP contribution in [-0.4, -0.2) is 23.2 Å². The van der Waals surface area contributed by atoms with Crippen LogP contribution in [0.5, 0.6) is 0 Å². The molecule has 1 rings (SSSR count). The molecule has 4 N–H and O–H groups in total. The van der Waals surface area contributed by atoms with Gasteiger partial charge in [-0.2, -0.15) is 0 Å². The van der Waals surface area contributed by atoms with Gasteiger partial charge in [-0.1, -0.05) is 26.0 Å². The smallest absolute Gasteiger partial charge is 0.230 e. The van der Waals surface area contributed by atoms with E-state index in [0.29, 0.717) is 18.5 Å². The standard InChI is InChI=1S/C16H26N2O2/c1-5-16(20,6-2)11-18-14(19)15(3,4)12-7-9-13(17)10-8-12/h7-10,20H,5-6,11,17H2,1-4H3,(H,18,19). The molecule has 0 aliphatic heterocycles. The highest BCUT2D eigenvalue weighted by Crippen LogP contribution is 2.24. The maximum Gasteiger partial charge on any atom is 0.230 e. The van der Waals surface area contributed by atoms with Crippen LogP contribution >= 0.6 is 0 Å². The van der Waals surface area contributed by atoms with E-state index in [1.54, 1.807) is 12.1 Å². The summed E-state index contributed by atoms with van der Waals surface area (Å²) < 4.78 is 0. The fourth-order valence-electron chi connectivity index (χ4n) is 2.00. The Bertz CT molecular complexity index is 448. The largest absolute Gasteiger partial charge is 0.399 e. The van der Waals surface area contributed by atoms with Crippen molar-refractivity contribution in [3.8, 4) is 0 Å². The number of carbonyl (C=O) groups is 1. The van der Waals surface area contributed by atoms with Gasteiger partial charge in [0, 0.05) is 12.2 Å². The van der Waals surface area contributed by atoms with Crippen LogP contribution in [0.25, 0.3) is 0 Å². The lowest BCUT2D eigenvalue weighted by molar-refractivity contribution is -0.127. The number of hydrogen-bond acceptors (Lipinski definition) is 3. The fraction of sp³-hybridized carbons (Fsp3) is 0.562. The Hall–Kier alpha value is -1.55. The van der Waals surface area contributed by atoms with Crippen molar-refractivity contribution in [3.05, 3.63) is 29.8 Å². The lowest BCUT2D eigenvalue weighted by atomic mass is 9.83. The molecule has 112 valence electrons. The maximum absolute atomic E-state index is 12.4. The van der Waals surface area contributed by atoms with Gasteiger partial charge in [-0.05, 0) is 44.4 Å². The number of benzene rings is 1. The zero-order valence-corrected chi connectivity index (χ0v) is 12.9. The van der Waals surface area contributed by atoms with E-state index in [0.717, 1.165) is 5.56 Å². The minimum atomic E-state index is -0.827. The van der Waals surface area contributed by atoms with Crippen LogP contribution in [0, 0.1) is 0 Å². The molecule has 1 aromatic carbocycles. The molecular weight excluding hydrogens is 252 g/mol. The van der Waals surface area contributed by atoms with Crippen LogP contribution in [0.15, 0.2) is 24.3 Å². The van der Waals surface area contributed by atoms with Crippen molar-refractivity contribution in [2.75, 3.05) is 12.3 Å². The Morgan fingerprint density at radius 2 is 1.70 bits per heavy atom. The van der Waals surface area contributed by atoms with Crippen molar-refractivity contribution >= 4 is 11.6 Å². The van der Waals surface area contributed by atoms with Gasteiger partial charge in [0.1, 0.15) is 0 Å². The fourth-order valence-corrected chi connectivity index (χ4v) is 2.00. The first-order valence-electron chi connectivity index (χ1n) is 7.12. The van der Waals surface area contributed by atoms with Gasteiger partial charge in [0.05, 0.1) is 11.0 Å². The second-order valence-electron chi connectivity index (χ2n) is 5.86. The molecule has 0 saturated carbocycles. The third-order valence-electron chi connectivity index (χ3n) is 4.09. The molecule has 4 heteroatoms. The number of hydrogen-bond donors (Lipinski definition) is 3. The summed E-state index contributed by atoms with van der Waals surface area (Å²) in [6.07, 6.45) is 1.23. The van der Waals surface area contributed by atoms with Crippen molar-refractivity contribution in [2.24, 2.45) is 0 Å². The highest BCUT2D eigenvalue weighted by Gasteiger charge is 2.31. The van der Waals surface area contributed by atoms with Crippen LogP contribution in [0.1, 0.15) is 46.1 Å². The summed E-state index contributed by atoms with van der Waals surface area (Å²) in [5.74, 6) is -0.0948. The summed E-state index contributed by atoms with van der Waals surface area (Å²) in [7, 11) is 0. The first kappa shape index (κ1) is 16.5. The van der Waals surface area contributed by atoms with Gasteiger partial charge in [0.15, 0.2) is 0 Å². The molecule has 0 fully saturated rings. The Labute approximate surface area is 121 Å². The maximum atomic E-state index is 12.4.